The second-order valence-electron chi connectivity index (χ2n) is 5.55. The summed E-state index contributed by atoms with van der Waals surface area (Å²) in [6.45, 7) is 7.91. The van der Waals surface area contributed by atoms with E-state index in [9.17, 15) is 0 Å². The van der Waals surface area contributed by atoms with Crippen molar-refractivity contribution in [3.63, 3.8) is 0 Å². The number of nitrogens with zero attached hydrogens (tertiary/aromatic N) is 1. The maximum atomic E-state index is 5.45. The summed E-state index contributed by atoms with van der Waals surface area (Å²) in [5.41, 5.74) is 7.71. The summed E-state index contributed by atoms with van der Waals surface area (Å²) < 4.78 is 5.45. The van der Waals surface area contributed by atoms with Gasteiger partial charge in [0.2, 0.25) is 0 Å². The summed E-state index contributed by atoms with van der Waals surface area (Å²) >= 11 is 0. The van der Waals surface area contributed by atoms with Gasteiger partial charge in [0.1, 0.15) is 5.75 Å². The van der Waals surface area contributed by atoms with Gasteiger partial charge in [0.15, 0.2) is 0 Å². The smallest absolute Gasteiger partial charge is 0.123 e. The van der Waals surface area contributed by atoms with Crippen LogP contribution in [0.1, 0.15) is 38.3 Å². The standard InChI is InChI=1S/C17H26N2O/c1-6-17(2,3)19(4)13-15-12-14(8-7-11-18)9-10-16(15)20-5/h9-10,12H,6,11,13,18H2,1-5H3. The number of ether oxygens (including phenoxy) is 1. The van der Waals surface area contributed by atoms with E-state index in [1.165, 1.54) is 0 Å². The molecule has 1 aromatic carbocycles. The Labute approximate surface area is 123 Å². The first-order valence-electron chi connectivity index (χ1n) is 7.01. The molecule has 0 aliphatic heterocycles. The van der Waals surface area contributed by atoms with Crippen LogP contribution in [0.3, 0.4) is 0 Å². The molecule has 110 valence electrons. The van der Waals surface area contributed by atoms with Gasteiger partial charge in [-0.15, -0.1) is 0 Å². The highest BCUT2D eigenvalue weighted by Gasteiger charge is 2.22. The molecule has 3 nitrogen and oxygen atoms in total. The lowest BCUT2D eigenvalue weighted by molar-refractivity contribution is 0.141. The van der Waals surface area contributed by atoms with Gasteiger partial charge in [-0.1, -0.05) is 18.8 Å². The molecule has 0 saturated heterocycles. The van der Waals surface area contributed by atoms with Gasteiger partial charge in [0.25, 0.3) is 0 Å². The fourth-order valence-corrected chi connectivity index (χ4v) is 1.87. The summed E-state index contributed by atoms with van der Waals surface area (Å²) in [5, 5.41) is 0. The van der Waals surface area contributed by atoms with Crippen LogP contribution in [0.15, 0.2) is 18.2 Å². The molecule has 0 spiro atoms. The van der Waals surface area contributed by atoms with Crippen molar-refractivity contribution in [2.24, 2.45) is 5.73 Å². The molecule has 0 atom stereocenters. The maximum Gasteiger partial charge on any atom is 0.123 e. The van der Waals surface area contributed by atoms with Crippen molar-refractivity contribution in [1.29, 1.82) is 0 Å². The lowest BCUT2D eigenvalue weighted by Gasteiger charge is -2.35. The molecule has 20 heavy (non-hydrogen) atoms. The van der Waals surface area contributed by atoms with Crippen molar-refractivity contribution in [1.82, 2.24) is 4.90 Å². The second kappa shape index (κ2) is 7.33. The van der Waals surface area contributed by atoms with Crippen LogP contribution < -0.4 is 10.5 Å². The van der Waals surface area contributed by atoms with Crippen LogP contribution in [-0.2, 0) is 6.54 Å². The number of hydrogen-bond donors (Lipinski definition) is 1. The van der Waals surface area contributed by atoms with E-state index in [1.54, 1.807) is 7.11 Å². The molecule has 0 unspecified atom stereocenters. The molecule has 0 fully saturated rings. The highest BCUT2D eigenvalue weighted by atomic mass is 16.5. The molecule has 0 aliphatic carbocycles. The van der Waals surface area contributed by atoms with Crippen molar-refractivity contribution in [3.05, 3.63) is 29.3 Å². The molecule has 1 aromatic rings. The van der Waals surface area contributed by atoms with Crippen molar-refractivity contribution < 1.29 is 4.74 Å². The topological polar surface area (TPSA) is 38.5 Å². The lowest BCUT2D eigenvalue weighted by Crippen LogP contribution is -2.39. The average Bonchev–Trinajstić information content (AvgIpc) is 2.45. The van der Waals surface area contributed by atoms with Gasteiger partial charge in [-0.25, -0.2) is 0 Å². The van der Waals surface area contributed by atoms with E-state index in [0.717, 1.165) is 29.8 Å². The van der Waals surface area contributed by atoms with Crippen LogP contribution in [0.5, 0.6) is 5.75 Å². The van der Waals surface area contributed by atoms with Crippen LogP contribution in [0.2, 0.25) is 0 Å². The molecule has 0 heterocycles. The first-order valence-corrected chi connectivity index (χ1v) is 7.01. The second-order valence-corrected chi connectivity index (χ2v) is 5.55. The van der Waals surface area contributed by atoms with Gasteiger partial charge in [-0.2, -0.15) is 0 Å². The van der Waals surface area contributed by atoms with Crippen LogP contribution in [0, 0.1) is 11.8 Å². The molecule has 0 amide bonds. The fraction of sp³-hybridized carbons (Fsp3) is 0.529. The molecule has 3 heteroatoms. The summed E-state index contributed by atoms with van der Waals surface area (Å²) in [5.74, 6) is 6.86. The van der Waals surface area contributed by atoms with Gasteiger partial charge in [-0.05, 0) is 45.5 Å². The Bertz CT molecular complexity index is 497. The molecule has 0 bridgehead atoms. The number of benzene rings is 1. The minimum Gasteiger partial charge on any atom is -0.496 e. The van der Waals surface area contributed by atoms with Crippen LogP contribution in [0.25, 0.3) is 0 Å². The van der Waals surface area contributed by atoms with Gasteiger partial charge in [0.05, 0.1) is 13.7 Å². The minimum absolute atomic E-state index is 0.157. The van der Waals surface area contributed by atoms with E-state index >= 15 is 0 Å². The van der Waals surface area contributed by atoms with Gasteiger partial charge >= 0.3 is 0 Å². The molecule has 0 aliphatic rings. The zero-order valence-electron chi connectivity index (χ0n) is 13.3. The molecule has 0 aromatic heterocycles. The molecule has 0 radical (unpaired) electrons. The van der Waals surface area contributed by atoms with Gasteiger partial charge < -0.3 is 10.5 Å². The largest absolute Gasteiger partial charge is 0.496 e. The first-order chi connectivity index (χ1) is 9.44. The highest BCUT2D eigenvalue weighted by molar-refractivity contribution is 5.44. The SMILES string of the molecule is CCC(C)(C)N(C)Cc1cc(C#CCN)ccc1OC. The third kappa shape index (κ3) is 4.26. The van der Waals surface area contributed by atoms with Gasteiger partial charge in [-0.3, -0.25) is 4.90 Å². The average molecular weight is 274 g/mol. The van der Waals surface area contributed by atoms with E-state index in [-0.39, 0.29) is 5.54 Å². The van der Waals surface area contributed by atoms with Crippen LogP contribution in [0.4, 0.5) is 0 Å². The van der Waals surface area contributed by atoms with E-state index < -0.39 is 0 Å². The van der Waals surface area contributed by atoms with E-state index in [4.69, 9.17) is 10.5 Å². The summed E-state index contributed by atoms with van der Waals surface area (Å²) in [7, 11) is 3.84. The zero-order valence-corrected chi connectivity index (χ0v) is 13.3. The van der Waals surface area contributed by atoms with Crippen molar-refractivity contribution in [2.75, 3.05) is 20.7 Å². The number of rotatable bonds is 5. The maximum absolute atomic E-state index is 5.45. The minimum atomic E-state index is 0.157. The Kier molecular flexibility index (Phi) is 6.06. The Morgan fingerprint density at radius 2 is 2.05 bits per heavy atom. The Morgan fingerprint density at radius 3 is 2.60 bits per heavy atom. The molecule has 1 rings (SSSR count). The van der Waals surface area contributed by atoms with Crippen molar-refractivity contribution >= 4 is 0 Å². The predicted molar refractivity (Wildman–Crippen MR) is 84.8 cm³/mol. The van der Waals surface area contributed by atoms with E-state index in [2.05, 4.69) is 50.6 Å². The first kappa shape index (κ1) is 16.6. The zero-order chi connectivity index (χ0) is 15.2. The molecular weight excluding hydrogens is 248 g/mol. The Balaban J connectivity index is 3.02. The highest BCUT2D eigenvalue weighted by Crippen LogP contribution is 2.25. The van der Waals surface area contributed by atoms with E-state index in [0.29, 0.717) is 6.54 Å². The van der Waals surface area contributed by atoms with Crippen LogP contribution >= 0.6 is 0 Å². The summed E-state index contributed by atoms with van der Waals surface area (Å²) in [6, 6.07) is 6.03. The number of nitrogens with two attached hydrogens (primary N) is 1. The third-order valence-corrected chi connectivity index (χ3v) is 3.92. The number of hydrogen-bond acceptors (Lipinski definition) is 3. The van der Waals surface area contributed by atoms with E-state index in [1.807, 2.05) is 12.1 Å². The van der Waals surface area contributed by atoms with Crippen molar-refractivity contribution in [3.8, 4) is 17.6 Å². The number of methoxy groups -OCH3 is 1. The third-order valence-electron chi connectivity index (χ3n) is 3.92. The Morgan fingerprint density at radius 1 is 1.35 bits per heavy atom. The lowest BCUT2D eigenvalue weighted by atomic mass is 9.98. The fourth-order valence-electron chi connectivity index (χ4n) is 1.87. The predicted octanol–water partition coefficient (Wildman–Crippen LogP) is 2.63. The Hall–Kier alpha value is -1.50. The van der Waals surface area contributed by atoms with Crippen LogP contribution in [-0.4, -0.2) is 31.1 Å². The monoisotopic (exact) mass is 274 g/mol. The summed E-state index contributed by atoms with van der Waals surface area (Å²) in [6.07, 6.45) is 1.10. The molecule has 0 saturated carbocycles. The molecule has 2 N–H and O–H groups in total. The van der Waals surface area contributed by atoms with Gasteiger partial charge in [0, 0.05) is 23.2 Å². The quantitative estimate of drug-likeness (QED) is 0.839. The molecular formula is C17H26N2O. The van der Waals surface area contributed by atoms with Crippen molar-refractivity contribution in [2.45, 2.75) is 39.3 Å². The normalized spacial score (nSPS) is 11.2. The summed E-state index contributed by atoms with van der Waals surface area (Å²) in [4.78, 5) is 2.34.